The standard InChI is InChI=1S/C18H30N2O2S/c1-2-3-14-23(21,22)19-16-18(20-12-8-5-9-13-20)15-17-10-6-4-7-11-17/h4,6-7,10-11,18-19H,2-3,5,8-9,12-16H2,1H3. The molecule has 1 unspecified atom stereocenters. The van der Waals surface area contributed by atoms with Crippen LogP contribution in [0.5, 0.6) is 0 Å². The summed E-state index contributed by atoms with van der Waals surface area (Å²) in [5, 5.41) is 0. The molecule has 0 aromatic heterocycles. The number of rotatable bonds is 9. The number of likely N-dealkylation sites (tertiary alicyclic amines) is 1. The molecule has 130 valence electrons. The van der Waals surface area contributed by atoms with Gasteiger partial charge in [0.2, 0.25) is 10.0 Å². The number of nitrogens with one attached hydrogen (secondary N) is 1. The van der Waals surface area contributed by atoms with Gasteiger partial charge in [-0.25, -0.2) is 13.1 Å². The van der Waals surface area contributed by atoms with E-state index < -0.39 is 10.0 Å². The molecule has 1 fully saturated rings. The van der Waals surface area contributed by atoms with E-state index in [-0.39, 0.29) is 11.8 Å². The van der Waals surface area contributed by atoms with Gasteiger partial charge in [0.25, 0.3) is 0 Å². The Morgan fingerprint density at radius 1 is 1.13 bits per heavy atom. The van der Waals surface area contributed by atoms with Gasteiger partial charge in [0.1, 0.15) is 0 Å². The maximum atomic E-state index is 12.1. The zero-order valence-electron chi connectivity index (χ0n) is 14.2. The second kappa shape index (κ2) is 9.40. The summed E-state index contributed by atoms with van der Waals surface area (Å²) in [4.78, 5) is 2.46. The zero-order valence-corrected chi connectivity index (χ0v) is 15.0. The number of sulfonamides is 1. The summed E-state index contributed by atoms with van der Waals surface area (Å²) in [5.41, 5.74) is 1.27. The molecular formula is C18H30N2O2S. The van der Waals surface area contributed by atoms with Gasteiger partial charge < -0.3 is 0 Å². The van der Waals surface area contributed by atoms with E-state index in [2.05, 4.69) is 21.8 Å². The van der Waals surface area contributed by atoms with Crippen molar-refractivity contribution in [3.05, 3.63) is 35.9 Å². The van der Waals surface area contributed by atoms with Gasteiger partial charge in [-0.1, -0.05) is 50.1 Å². The second-order valence-electron chi connectivity index (χ2n) is 6.46. The predicted octanol–water partition coefficient (Wildman–Crippen LogP) is 2.80. The van der Waals surface area contributed by atoms with E-state index in [0.29, 0.717) is 6.54 Å². The maximum absolute atomic E-state index is 12.1. The van der Waals surface area contributed by atoms with Gasteiger partial charge in [-0.05, 0) is 44.3 Å². The van der Waals surface area contributed by atoms with Crippen LogP contribution in [-0.4, -0.2) is 44.7 Å². The lowest BCUT2D eigenvalue weighted by Crippen LogP contribution is -2.47. The van der Waals surface area contributed by atoms with Crippen LogP contribution in [0.4, 0.5) is 0 Å². The average Bonchev–Trinajstić information content (AvgIpc) is 2.58. The van der Waals surface area contributed by atoms with Crippen molar-refractivity contribution in [2.24, 2.45) is 0 Å². The van der Waals surface area contributed by atoms with Gasteiger partial charge in [0, 0.05) is 12.6 Å². The highest BCUT2D eigenvalue weighted by molar-refractivity contribution is 7.89. The monoisotopic (exact) mass is 338 g/mol. The molecule has 0 amide bonds. The Balaban J connectivity index is 1.98. The lowest BCUT2D eigenvalue weighted by molar-refractivity contribution is 0.163. The van der Waals surface area contributed by atoms with Crippen molar-refractivity contribution in [1.82, 2.24) is 9.62 Å². The highest BCUT2D eigenvalue weighted by atomic mass is 32.2. The Hall–Kier alpha value is -0.910. The molecule has 0 radical (unpaired) electrons. The first-order valence-corrected chi connectivity index (χ1v) is 10.5. The van der Waals surface area contributed by atoms with Gasteiger partial charge >= 0.3 is 0 Å². The molecule has 0 aliphatic carbocycles. The highest BCUT2D eigenvalue weighted by Crippen LogP contribution is 2.16. The Bertz CT molecular complexity index is 539. The fourth-order valence-corrected chi connectivity index (χ4v) is 4.39. The third-order valence-corrected chi connectivity index (χ3v) is 5.96. The summed E-state index contributed by atoms with van der Waals surface area (Å²) in [6.45, 7) is 4.69. The molecule has 1 aliphatic heterocycles. The van der Waals surface area contributed by atoms with Gasteiger partial charge in [-0.15, -0.1) is 0 Å². The summed E-state index contributed by atoms with van der Waals surface area (Å²) < 4.78 is 27.0. The topological polar surface area (TPSA) is 49.4 Å². The molecule has 0 saturated carbocycles. The average molecular weight is 339 g/mol. The molecule has 5 heteroatoms. The molecule has 1 heterocycles. The fourth-order valence-electron chi connectivity index (χ4n) is 3.13. The van der Waals surface area contributed by atoms with Gasteiger partial charge in [0.05, 0.1) is 5.75 Å². The van der Waals surface area contributed by atoms with E-state index in [0.717, 1.165) is 32.4 Å². The number of piperidine rings is 1. The van der Waals surface area contributed by atoms with Gasteiger partial charge in [0.15, 0.2) is 0 Å². The third kappa shape index (κ3) is 6.61. The number of hydrogen-bond donors (Lipinski definition) is 1. The van der Waals surface area contributed by atoms with Crippen LogP contribution in [0.1, 0.15) is 44.6 Å². The molecule has 1 aliphatic rings. The molecule has 1 saturated heterocycles. The molecule has 1 N–H and O–H groups in total. The Morgan fingerprint density at radius 3 is 2.48 bits per heavy atom. The van der Waals surface area contributed by atoms with Crippen molar-refractivity contribution in [3.8, 4) is 0 Å². The zero-order chi connectivity index (χ0) is 16.5. The lowest BCUT2D eigenvalue weighted by atomic mass is 10.0. The first-order chi connectivity index (χ1) is 11.1. The smallest absolute Gasteiger partial charge is 0.211 e. The second-order valence-corrected chi connectivity index (χ2v) is 8.39. The van der Waals surface area contributed by atoms with Gasteiger partial charge in [-0.2, -0.15) is 0 Å². The largest absolute Gasteiger partial charge is 0.299 e. The molecule has 0 spiro atoms. The van der Waals surface area contributed by atoms with Crippen LogP contribution in [0.2, 0.25) is 0 Å². The van der Waals surface area contributed by atoms with E-state index in [1.807, 2.05) is 25.1 Å². The Labute approximate surface area is 141 Å². The van der Waals surface area contributed by atoms with E-state index in [1.54, 1.807) is 0 Å². The van der Waals surface area contributed by atoms with Crippen molar-refractivity contribution in [2.75, 3.05) is 25.4 Å². The lowest BCUT2D eigenvalue weighted by Gasteiger charge is -2.34. The molecule has 23 heavy (non-hydrogen) atoms. The first-order valence-electron chi connectivity index (χ1n) is 8.86. The minimum absolute atomic E-state index is 0.238. The normalized spacial score (nSPS) is 18.0. The minimum Gasteiger partial charge on any atom is -0.299 e. The molecule has 2 rings (SSSR count). The molecule has 1 atom stereocenters. The SMILES string of the molecule is CCCCS(=O)(=O)NCC(Cc1ccccc1)N1CCCCC1. The van der Waals surface area contributed by atoms with Gasteiger partial charge in [-0.3, -0.25) is 4.90 Å². The Kier molecular flexibility index (Phi) is 7.53. The quantitative estimate of drug-likeness (QED) is 0.753. The third-order valence-electron chi connectivity index (χ3n) is 4.53. The first kappa shape index (κ1) is 18.4. The van der Waals surface area contributed by atoms with Crippen LogP contribution in [0.3, 0.4) is 0 Å². The van der Waals surface area contributed by atoms with Crippen molar-refractivity contribution >= 4 is 10.0 Å². The van der Waals surface area contributed by atoms with Crippen LogP contribution in [0, 0.1) is 0 Å². The van der Waals surface area contributed by atoms with E-state index in [9.17, 15) is 8.42 Å². The number of nitrogens with zero attached hydrogens (tertiary/aromatic N) is 1. The number of hydrogen-bond acceptors (Lipinski definition) is 3. The van der Waals surface area contributed by atoms with Crippen LogP contribution < -0.4 is 4.72 Å². The summed E-state index contributed by atoms with van der Waals surface area (Å²) in [6, 6.07) is 10.6. The summed E-state index contributed by atoms with van der Waals surface area (Å²) in [5.74, 6) is 0.238. The minimum atomic E-state index is -3.15. The summed E-state index contributed by atoms with van der Waals surface area (Å²) in [6.07, 6.45) is 6.25. The maximum Gasteiger partial charge on any atom is 0.211 e. The highest BCUT2D eigenvalue weighted by Gasteiger charge is 2.22. The predicted molar refractivity (Wildman–Crippen MR) is 96.1 cm³/mol. The van der Waals surface area contributed by atoms with Crippen LogP contribution in [-0.2, 0) is 16.4 Å². The molecule has 4 nitrogen and oxygen atoms in total. The Morgan fingerprint density at radius 2 is 1.83 bits per heavy atom. The van der Waals surface area contributed by atoms with E-state index in [1.165, 1.54) is 24.8 Å². The van der Waals surface area contributed by atoms with E-state index >= 15 is 0 Å². The molecule has 1 aromatic rings. The summed E-state index contributed by atoms with van der Waals surface area (Å²) >= 11 is 0. The molecule has 1 aromatic carbocycles. The van der Waals surface area contributed by atoms with Crippen molar-refractivity contribution < 1.29 is 8.42 Å². The number of unbranched alkanes of at least 4 members (excludes halogenated alkanes) is 1. The summed E-state index contributed by atoms with van der Waals surface area (Å²) in [7, 11) is -3.15. The van der Waals surface area contributed by atoms with E-state index in [4.69, 9.17) is 0 Å². The molecular weight excluding hydrogens is 308 g/mol. The van der Waals surface area contributed by atoms with Crippen LogP contribution in [0.25, 0.3) is 0 Å². The number of benzene rings is 1. The van der Waals surface area contributed by atoms with Crippen LogP contribution in [0.15, 0.2) is 30.3 Å². The fraction of sp³-hybridized carbons (Fsp3) is 0.667. The van der Waals surface area contributed by atoms with Crippen molar-refractivity contribution in [3.63, 3.8) is 0 Å². The molecule has 0 bridgehead atoms. The van der Waals surface area contributed by atoms with Crippen molar-refractivity contribution in [2.45, 2.75) is 51.5 Å². The van der Waals surface area contributed by atoms with Crippen LogP contribution >= 0.6 is 0 Å². The van der Waals surface area contributed by atoms with Crippen molar-refractivity contribution in [1.29, 1.82) is 0 Å².